The first-order chi connectivity index (χ1) is 12.7. The molecule has 0 bridgehead atoms. The van der Waals surface area contributed by atoms with E-state index in [0.717, 1.165) is 12.8 Å². The first-order valence-corrected chi connectivity index (χ1v) is 9.42. The van der Waals surface area contributed by atoms with Crippen molar-refractivity contribution in [1.82, 2.24) is 14.9 Å². The van der Waals surface area contributed by atoms with Gasteiger partial charge in [0.15, 0.2) is 11.5 Å². The maximum Gasteiger partial charge on any atom is 0.268 e. The van der Waals surface area contributed by atoms with Crippen LogP contribution in [-0.2, 0) is 0 Å². The molecule has 5 rings (SSSR count). The van der Waals surface area contributed by atoms with Crippen molar-refractivity contribution in [1.29, 1.82) is 0 Å². The molecular formula is C18H16FN3O3S. The number of likely N-dealkylation sites (tertiary alicyclic amines) is 1. The number of hydrogen-bond donors (Lipinski definition) is 1. The van der Waals surface area contributed by atoms with E-state index >= 15 is 0 Å². The fourth-order valence-electron chi connectivity index (χ4n) is 3.59. The number of aromatic amines is 1. The molecule has 2 aliphatic heterocycles. The molecule has 0 spiro atoms. The maximum absolute atomic E-state index is 13.4. The van der Waals surface area contributed by atoms with Gasteiger partial charge >= 0.3 is 0 Å². The number of nitrogens with zero attached hydrogens (tertiary/aromatic N) is 2. The van der Waals surface area contributed by atoms with Crippen LogP contribution in [0.1, 0.15) is 34.4 Å². The van der Waals surface area contributed by atoms with Crippen molar-refractivity contribution in [2.75, 3.05) is 19.8 Å². The quantitative estimate of drug-likeness (QED) is 0.746. The van der Waals surface area contributed by atoms with E-state index in [0.29, 0.717) is 53.0 Å². The van der Waals surface area contributed by atoms with E-state index in [4.69, 9.17) is 9.47 Å². The Labute approximate surface area is 152 Å². The number of carbonyl (C=O) groups is 1. The Morgan fingerprint density at radius 2 is 2.23 bits per heavy atom. The number of H-pyrrole nitrogens is 1. The number of thiophene rings is 1. The second-order valence-corrected chi connectivity index (χ2v) is 7.27. The van der Waals surface area contributed by atoms with Crippen LogP contribution in [0, 0.1) is 5.82 Å². The van der Waals surface area contributed by atoms with Crippen molar-refractivity contribution in [2.45, 2.75) is 18.9 Å². The van der Waals surface area contributed by atoms with Gasteiger partial charge in [0.25, 0.3) is 5.91 Å². The van der Waals surface area contributed by atoms with Crippen LogP contribution in [0.2, 0.25) is 0 Å². The molecule has 0 aliphatic carbocycles. The van der Waals surface area contributed by atoms with Gasteiger partial charge in [-0.15, -0.1) is 11.3 Å². The fourth-order valence-corrected chi connectivity index (χ4v) is 4.48. The molecule has 1 saturated heterocycles. The number of rotatable bonds is 2. The zero-order valence-corrected chi connectivity index (χ0v) is 14.6. The van der Waals surface area contributed by atoms with E-state index in [9.17, 15) is 9.18 Å². The van der Waals surface area contributed by atoms with Crippen LogP contribution in [0.4, 0.5) is 4.39 Å². The highest BCUT2D eigenvalue weighted by Gasteiger charge is 2.36. The molecule has 2 aliphatic rings. The van der Waals surface area contributed by atoms with E-state index in [1.54, 1.807) is 6.07 Å². The highest BCUT2D eigenvalue weighted by molar-refractivity contribution is 7.12. The summed E-state index contributed by atoms with van der Waals surface area (Å²) in [5.74, 6) is 1.49. The topological polar surface area (TPSA) is 67.5 Å². The zero-order valence-electron chi connectivity index (χ0n) is 13.8. The molecule has 1 amide bonds. The average Bonchev–Trinajstić information content (AvgIpc) is 3.37. The Morgan fingerprint density at radius 3 is 3.15 bits per heavy atom. The largest absolute Gasteiger partial charge is 0.485 e. The average molecular weight is 373 g/mol. The minimum atomic E-state index is -0.311. The summed E-state index contributed by atoms with van der Waals surface area (Å²) in [7, 11) is 0. The number of nitrogens with one attached hydrogen (secondary N) is 1. The van der Waals surface area contributed by atoms with Crippen molar-refractivity contribution in [2.24, 2.45) is 0 Å². The number of benzene rings is 1. The van der Waals surface area contributed by atoms with Crippen molar-refractivity contribution in [3.05, 3.63) is 40.1 Å². The number of fused-ring (bicyclic) bond motifs is 2. The van der Waals surface area contributed by atoms with Gasteiger partial charge in [-0.3, -0.25) is 4.79 Å². The first-order valence-electron chi connectivity index (χ1n) is 8.54. The van der Waals surface area contributed by atoms with Crippen LogP contribution >= 0.6 is 11.3 Å². The summed E-state index contributed by atoms with van der Waals surface area (Å²) in [4.78, 5) is 23.3. The second kappa shape index (κ2) is 5.98. The van der Waals surface area contributed by atoms with Crippen molar-refractivity contribution < 1.29 is 18.7 Å². The molecule has 8 heteroatoms. The van der Waals surface area contributed by atoms with Gasteiger partial charge in [0.05, 0.1) is 17.1 Å². The smallest absolute Gasteiger partial charge is 0.268 e. The van der Waals surface area contributed by atoms with E-state index in [2.05, 4.69) is 9.97 Å². The molecule has 2 aromatic heterocycles. The Kier molecular flexibility index (Phi) is 3.59. The number of ether oxygens (including phenoxy) is 2. The molecule has 134 valence electrons. The Balaban J connectivity index is 1.48. The molecule has 1 aromatic carbocycles. The lowest BCUT2D eigenvalue weighted by Crippen LogP contribution is -2.31. The molecule has 1 atom stereocenters. The van der Waals surface area contributed by atoms with Crippen LogP contribution in [0.3, 0.4) is 0 Å². The highest BCUT2D eigenvalue weighted by atomic mass is 32.1. The molecule has 6 nitrogen and oxygen atoms in total. The molecule has 0 saturated carbocycles. The predicted octanol–water partition coefficient (Wildman–Crippen LogP) is 3.51. The minimum Gasteiger partial charge on any atom is -0.485 e. The van der Waals surface area contributed by atoms with E-state index in [1.165, 1.54) is 23.5 Å². The van der Waals surface area contributed by atoms with Crippen molar-refractivity contribution >= 4 is 28.3 Å². The van der Waals surface area contributed by atoms with Gasteiger partial charge in [0, 0.05) is 11.9 Å². The van der Waals surface area contributed by atoms with Crippen molar-refractivity contribution in [3.63, 3.8) is 0 Å². The Bertz CT molecular complexity index is 999. The maximum atomic E-state index is 13.4. The Hall–Kier alpha value is -2.61. The lowest BCUT2D eigenvalue weighted by molar-refractivity contribution is 0.0727. The second-order valence-electron chi connectivity index (χ2n) is 6.40. The molecule has 1 N–H and O–H groups in total. The summed E-state index contributed by atoms with van der Waals surface area (Å²) < 4.78 is 24.6. The monoisotopic (exact) mass is 373 g/mol. The molecular weight excluding hydrogens is 357 g/mol. The van der Waals surface area contributed by atoms with Gasteiger partial charge in [-0.1, -0.05) is 0 Å². The summed E-state index contributed by atoms with van der Waals surface area (Å²) >= 11 is 1.34. The lowest BCUT2D eigenvalue weighted by atomic mass is 10.2. The fraction of sp³-hybridized carbons (Fsp3) is 0.333. The minimum absolute atomic E-state index is 0.0733. The van der Waals surface area contributed by atoms with Crippen LogP contribution in [0.25, 0.3) is 11.0 Å². The molecule has 4 heterocycles. The number of aromatic nitrogens is 2. The number of imidazole rings is 1. The normalized spacial score (nSPS) is 19.3. The standard InChI is InChI=1S/C18H16FN3O3S/c19-10-3-4-11-12(8-10)21-17(20-11)13-2-1-5-22(13)18(23)16-15-14(9-26-16)24-6-7-25-15/h3-4,8-9,13H,1-2,5-7H2,(H,20,21)/t13-/m1/s1. The van der Waals surface area contributed by atoms with Gasteiger partial charge in [-0.25, -0.2) is 9.37 Å². The van der Waals surface area contributed by atoms with Crippen LogP contribution in [0.5, 0.6) is 11.5 Å². The van der Waals surface area contributed by atoms with E-state index < -0.39 is 0 Å². The predicted molar refractivity (Wildman–Crippen MR) is 94.4 cm³/mol. The van der Waals surface area contributed by atoms with Gasteiger partial charge in [-0.05, 0) is 31.0 Å². The van der Waals surface area contributed by atoms with E-state index in [1.807, 2.05) is 10.3 Å². The van der Waals surface area contributed by atoms with E-state index in [-0.39, 0.29) is 17.8 Å². The molecule has 0 unspecified atom stereocenters. The van der Waals surface area contributed by atoms with Gasteiger partial charge in [0.2, 0.25) is 0 Å². The third-order valence-corrected chi connectivity index (χ3v) is 5.71. The van der Waals surface area contributed by atoms with Crippen LogP contribution in [0.15, 0.2) is 23.6 Å². The summed E-state index contributed by atoms with van der Waals surface area (Å²) in [5, 5.41) is 1.82. The lowest BCUT2D eigenvalue weighted by Gasteiger charge is -2.23. The SMILES string of the molecule is O=C(c1scc2c1OCCO2)N1CCC[C@@H]1c1nc2ccc(F)cc2[nH]1. The third kappa shape index (κ3) is 2.44. The number of hydrogen-bond acceptors (Lipinski definition) is 5. The number of amides is 1. The molecule has 3 aromatic rings. The number of carbonyl (C=O) groups excluding carboxylic acids is 1. The zero-order chi connectivity index (χ0) is 17.7. The molecule has 0 radical (unpaired) electrons. The summed E-state index contributed by atoms with van der Waals surface area (Å²) in [5.41, 5.74) is 1.34. The summed E-state index contributed by atoms with van der Waals surface area (Å²) in [6.07, 6.45) is 1.71. The van der Waals surface area contributed by atoms with Crippen LogP contribution in [-0.4, -0.2) is 40.5 Å². The van der Waals surface area contributed by atoms with Gasteiger partial charge in [-0.2, -0.15) is 0 Å². The van der Waals surface area contributed by atoms with Crippen LogP contribution < -0.4 is 9.47 Å². The van der Waals surface area contributed by atoms with Gasteiger partial charge in [0.1, 0.15) is 29.7 Å². The Morgan fingerprint density at radius 1 is 1.35 bits per heavy atom. The number of halogens is 1. The summed E-state index contributed by atoms with van der Waals surface area (Å²) in [6, 6.07) is 4.31. The van der Waals surface area contributed by atoms with Gasteiger partial charge < -0.3 is 19.4 Å². The van der Waals surface area contributed by atoms with Crippen molar-refractivity contribution in [3.8, 4) is 11.5 Å². The third-order valence-electron chi connectivity index (χ3n) is 4.79. The summed E-state index contributed by atoms with van der Waals surface area (Å²) in [6.45, 7) is 1.60. The highest BCUT2D eigenvalue weighted by Crippen LogP contribution is 2.42. The molecule has 1 fully saturated rings. The first kappa shape index (κ1) is 15.6. The molecule has 26 heavy (non-hydrogen) atoms.